The van der Waals surface area contributed by atoms with Gasteiger partial charge in [0.05, 0.1) is 24.0 Å². The number of aromatic amines is 1. The molecule has 0 bridgehead atoms. The molecule has 1 aliphatic heterocycles. The number of carbonyl (C=O) groups is 1. The van der Waals surface area contributed by atoms with Crippen LogP contribution in [-0.2, 0) is 17.8 Å². The molecular weight excluding hydrogens is 334 g/mol. The highest BCUT2D eigenvalue weighted by molar-refractivity contribution is 5.94. The maximum Gasteiger partial charge on any atom is 0.316 e. The first kappa shape index (κ1) is 14.9. The second-order valence-corrected chi connectivity index (χ2v) is 6.35. The van der Waals surface area contributed by atoms with Crippen molar-refractivity contribution in [3.05, 3.63) is 48.9 Å². The third kappa shape index (κ3) is 2.46. The maximum absolute atomic E-state index is 12.6. The standard InChI is InChI=1S/C18H15N5O3/c24-18(11-1-4-16-21-19-10-23(16)8-11)26-13-2-3-15-14(7-13)17(22-20-15)12-5-6-25-9-12/h2-3,5-7,9-11H,1,4,8H2,(H,20,22). The van der Waals surface area contributed by atoms with Crippen LogP contribution in [0, 0.1) is 5.92 Å². The van der Waals surface area contributed by atoms with Crippen molar-refractivity contribution >= 4 is 16.9 Å². The average molecular weight is 349 g/mol. The Morgan fingerprint density at radius 1 is 1.35 bits per heavy atom. The van der Waals surface area contributed by atoms with Crippen LogP contribution in [0.1, 0.15) is 12.2 Å². The minimum Gasteiger partial charge on any atom is -0.472 e. The van der Waals surface area contributed by atoms with Gasteiger partial charge in [0, 0.05) is 23.9 Å². The Labute approximate surface area is 147 Å². The molecule has 0 saturated heterocycles. The topological polar surface area (TPSA) is 98.8 Å². The predicted octanol–water partition coefficient (Wildman–Crippen LogP) is 2.58. The van der Waals surface area contributed by atoms with Gasteiger partial charge in [0.1, 0.15) is 23.6 Å². The van der Waals surface area contributed by atoms with Gasteiger partial charge in [0.25, 0.3) is 0 Å². The van der Waals surface area contributed by atoms with Crippen LogP contribution in [-0.4, -0.2) is 30.9 Å². The van der Waals surface area contributed by atoms with E-state index < -0.39 is 0 Å². The summed E-state index contributed by atoms with van der Waals surface area (Å²) < 4.78 is 12.7. The van der Waals surface area contributed by atoms with Crippen LogP contribution in [0.2, 0.25) is 0 Å². The fraction of sp³-hybridized carbons (Fsp3) is 0.222. The lowest BCUT2D eigenvalue weighted by Gasteiger charge is -2.21. The molecule has 26 heavy (non-hydrogen) atoms. The number of carbonyl (C=O) groups excluding carboxylic acids is 1. The SMILES string of the molecule is O=C(Oc1ccc2[nH]nc(-c3ccoc3)c2c1)C1CCc2nncn2C1. The van der Waals surface area contributed by atoms with Crippen molar-refractivity contribution < 1.29 is 13.9 Å². The number of aromatic nitrogens is 5. The Morgan fingerprint density at radius 3 is 3.19 bits per heavy atom. The van der Waals surface area contributed by atoms with Crippen LogP contribution in [0.4, 0.5) is 0 Å². The molecule has 1 aliphatic rings. The number of benzene rings is 1. The van der Waals surface area contributed by atoms with Crippen molar-refractivity contribution in [2.75, 3.05) is 0 Å². The molecule has 1 atom stereocenters. The molecule has 8 nitrogen and oxygen atoms in total. The van der Waals surface area contributed by atoms with Gasteiger partial charge in [0.15, 0.2) is 0 Å². The molecule has 1 N–H and O–H groups in total. The highest BCUT2D eigenvalue weighted by Gasteiger charge is 2.27. The summed E-state index contributed by atoms with van der Waals surface area (Å²) >= 11 is 0. The fourth-order valence-corrected chi connectivity index (χ4v) is 3.32. The maximum atomic E-state index is 12.6. The second kappa shape index (κ2) is 5.83. The number of hydrogen-bond donors (Lipinski definition) is 1. The number of nitrogens with one attached hydrogen (secondary N) is 1. The number of hydrogen-bond acceptors (Lipinski definition) is 6. The summed E-state index contributed by atoms with van der Waals surface area (Å²) in [5, 5.41) is 16.1. The van der Waals surface area contributed by atoms with Crippen LogP contribution in [0.25, 0.3) is 22.2 Å². The summed E-state index contributed by atoms with van der Waals surface area (Å²) in [6.07, 6.45) is 6.33. The normalized spacial score (nSPS) is 16.5. The van der Waals surface area contributed by atoms with Gasteiger partial charge in [-0.25, -0.2) is 0 Å². The number of esters is 1. The first-order valence-corrected chi connectivity index (χ1v) is 8.37. The van der Waals surface area contributed by atoms with E-state index in [4.69, 9.17) is 9.15 Å². The molecule has 0 fully saturated rings. The lowest BCUT2D eigenvalue weighted by molar-refractivity contribution is -0.140. The molecule has 1 unspecified atom stereocenters. The van der Waals surface area contributed by atoms with Gasteiger partial charge >= 0.3 is 5.97 Å². The van der Waals surface area contributed by atoms with Gasteiger partial charge in [-0.15, -0.1) is 10.2 Å². The minimum atomic E-state index is -0.239. The summed E-state index contributed by atoms with van der Waals surface area (Å²) in [6.45, 7) is 0.551. The third-order valence-electron chi connectivity index (χ3n) is 4.71. The largest absolute Gasteiger partial charge is 0.472 e. The summed E-state index contributed by atoms with van der Waals surface area (Å²) in [5.74, 6) is 0.978. The third-order valence-corrected chi connectivity index (χ3v) is 4.71. The molecule has 4 aromatic rings. The summed E-state index contributed by atoms with van der Waals surface area (Å²) in [5.41, 5.74) is 2.50. The predicted molar refractivity (Wildman–Crippen MR) is 91.3 cm³/mol. The van der Waals surface area contributed by atoms with Crippen LogP contribution in [0.5, 0.6) is 5.75 Å². The number of rotatable bonds is 3. The summed E-state index contributed by atoms with van der Waals surface area (Å²) in [6, 6.07) is 7.29. The van der Waals surface area contributed by atoms with Gasteiger partial charge in [0.2, 0.25) is 0 Å². The molecule has 0 saturated carbocycles. The van der Waals surface area contributed by atoms with Crippen molar-refractivity contribution in [2.45, 2.75) is 19.4 Å². The molecule has 1 aromatic carbocycles. The number of nitrogens with zero attached hydrogens (tertiary/aromatic N) is 4. The van der Waals surface area contributed by atoms with Crippen molar-refractivity contribution in [1.82, 2.24) is 25.0 Å². The van der Waals surface area contributed by atoms with E-state index >= 15 is 0 Å². The zero-order chi connectivity index (χ0) is 17.5. The van der Waals surface area contributed by atoms with E-state index in [2.05, 4.69) is 20.4 Å². The first-order chi connectivity index (χ1) is 12.8. The smallest absolute Gasteiger partial charge is 0.316 e. The Balaban J connectivity index is 1.39. The van der Waals surface area contributed by atoms with Crippen molar-refractivity contribution in [1.29, 1.82) is 0 Å². The highest BCUT2D eigenvalue weighted by atomic mass is 16.5. The molecule has 0 amide bonds. The van der Waals surface area contributed by atoms with Crippen LogP contribution >= 0.6 is 0 Å². The highest BCUT2D eigenvalue weighted by Crippen LogP contribution is 2.30. The molecule has 130 valence electrons. The number of H-pyrrole nitrogens is 1. The van der Waals surface area contributed by atoms with Crippen molar-refractivity contribution in [2.24, 2.45) is 5.92 Å². The van der Waals surface area contributed by atoms with E-state index in [0.29, 0.717) is 18.7 Å². The Bertz CT molecular complexity index is 1080. The number of furan rings is 1. The lowest BCUT2D eigenvalue weighted by Crippen LogP contribution is -2.29. The van der Waals surface area contributed by atoms with Gasteiger partial charge in [-0.3, -0.25) is 9.89 Å². The summed E-state index contributed by atoms with van der Waals surface area (Å²) in [7, 11) is 0. The van der Waals surface area contributed by atoms with E-state index in [1.807, 2.05) is 22.8 Å². The zero-order valence-electron chi connectivity index (χ0n) is 13.8. The second-order valence-electron chi connectivity index (χ2n) is 6.35. The van der Waals surface area contributed by atoms with E-state index in [-0.39, 0.29) is 11.9 Å². The first-order valence-electron chi connectivity index (χ1n) is 8.37. The summed E-state index contributed by atoms with van der Waals surface area (Å²) in [4.78, 5) is 12.6. The average Bonchev–Trinajstić information content (AvgIpc) is 3.40. The number of ether oxygens (including phenoxy) is 1. The number of aryl methyl sites for hydroxylation is 1. The molecule has 8 heteroatoms. The van der Waals surface area contributed by atoms with Gasteiger partial charge in [-0.2, -0.15) is 5.10 Å². The van der Waals surface area contributed by atoms with Crippen molar-refractivity contribution in [3.8, 4) is 17.0 Å². The quantitative estimate of drug-likeness (QED) is 0.451. The van der Waals surface area contributed by atoms with Crippen molar-refractivity contribution in [3.63, 3.8) is 0 Å². The Morgan fingerprint density at radius 2 is 2.31 bits per heavy atom. The molecule has 4 heterocycles. The molecular formula is C18H15N5O3. The van der Waals surface area contributed by atoms with E-state index in [0.717, 1.165) is 34.4 Å². The lowest BCUT2D eigenvalue weighted by atomic mass is 10.00. The Kier molecular flexibility index (Phi) is 3.34. The van der Waals surface area contributed by atoms with Gasteiger partial charge in [-0.1, -0.05) is 0 Å². The molecule has 0 spiro atoms. The molecule has 0 radical (unpaired) electrons. The monoisotopic (exact) mass is 349 g/mol. The Hall–Kier alpha value is -3.42. The van der Waals surface area contributed by atoms with Gasteiger partial charge < -0.3 is 13.7 Å². The van der Waals surface area contributed by atoms with E-state index in [1.54, 1.807) is 24.9 Å². The van der Waals surface area contributed by atoms with E-state index in [9.17, 15) is 4.79 Å². The van der Waals surface area contributed by atoms with Gasteiger partial charge in [-0.05, 0) is 30.7 Å². The fourth-order valence-electron chi connectivity index (χ4n) is 3.32. The minimum absolute atomic E-state index is 0.202. The van der Waals surface area contributed by atoms with Crippen LogP contribution in [0.3, 0.4) is 0 Å². The number of fused-ring (bicyclic) bond motifs is 2. The zero-order valence-corrected chi connectivity index (χ0v) is 13.8. The molecule has 5 rings (SSSR count). The van der Waals surface area contributed by atoms with Crippen LogP contribution in [0.15, 0.2) is 47.5 Å². The molecule has 3 aromatic heterocycles. The van der Waals surface area contributed by atoms with E-state index in [1.165, 1.54) is 0 Å². The van der Waals surface area contributed by atoms with Crippen LogP contribution < -0.4 is 4.74 Å². The molecule has 0 aliphatic carbocycles.